The number of halogens is 1. The van der Waals surface area contributed by atoms with E-state index in [2.05, 4.69) is 17.5 Å². The van der Waals surface area contributed by atoms with Gasteiger partial charge >= 0.3 is 0 Å². The van der Waals surface area contributed by atoms with E-state index in [1.165, 1.54) is 11.8 Å². The topological polar surface area (TPSA) is 41.5 Å². The van der Waals surface area contributed by atoms with E-state index in [9.17, 15) is 4.79 Å². The van der Waals surface area contributed by atoms with Gasteiger partial charge in [-0.3, -0.25) is 4.79 Å². The Morgan fingerprint density at radius 3 is 2.65 bits per heavy atom. The molecule has 1 aromatic rings. The minimum Gasteiger partial charge on any atom is -0.272 e. The highest BCUT2D eigenvalue weighted by molar-refractivity contribution is 8.00. The zero-order valence-electron chi connectivity index (χ0n) is 12.1. The number of nitrogens with one attached hydrogen (secondary N) is 1. The number of benzene rings is 1. The van der Waals surface area contributed by atoms with Crippen LogP contribution >= 0.6 is 23.4 Å². The van der Waals surface area contributed by atoms with E-state index in [1.54, 1.807) is 0 Å². The van der Waals surface area contributed by atoms with Crippen LogP contribution in [0.15, 0.2) is 34.3 Å². The monoisotopic (exact) mass is 312 g/mol. The lowest BCUT2D eigenvalue weighted by molar-refractivity contribution is -0.120. The molecule has 0 saturated heterocycles. The van der Waals surface area contributed by atoms with Crippen molar-refractivity contribution in [3.8, 4) is 0 Å². The maximum absolute atomic E-state index is 11.9. The second kappa shape index (κ2) is 9.03. The van der Waals surface area contributed by atoms with Gasteiger partial charge in [-0.05, 0) is 51.0 Å². The SMILES string of the molecule is CCCC/C(C)=N\NC(=O)[C@H](C)Sc1ccc(Cl)cc1. The molecule has 0 spiro atoms. The average Bonchev–Trinajstić information content (AvgIpc) is 2.44. The molecule has 0 aliphatic carbocycles. The summed E-state index contributed by atoms with van der Waals surface area (Å²) in [5.41, 5.74) is 3.59. The molecule has 110 valence electrons. The fraction of sp³-hybridized carbons (Fsp3) is 0.467. The lowest BCUT2D eigenvalue weighted by Crippen LogP contribution is -2.27. The Kier molecular flexibility index (Phi) is 7.70. The number of unbranched alkanes of at least 4 members (excludes halogenated alkanes) is 1. The van der Waals surface area contributed by atoms with Crippen molar-refractivity contribution in [3.05, 3.63) is 29.3 Å². The van der Waals surface area contributed by atoms with Gasteiger partial charge in [0.25, 0.3) is 5.91 Å². The van der Waals surface area contributed by atoms with E-state index in [1.807, 2.05) is 38.1 Å². The van der Waals surface area contributed by atoms with Gasteiger partial charge in [0, 0.05) is 15.6 Å². The summed E-state index contributed by atoms with van der Waals surface area (Å²) in [5.74, 6) is -0.0826. The van der Waals surface area contributed by atoms with Crippen LogP contribution in [0, 0.1) is 0 Å². The van der Waals surface area contributed by atoms with Crippen molar-refractivity contribution in [1.82, 2.24) is 5.43 Å². The molecule has 0 unspecified atom stereocenters. The number of hydrazone groups is 1. The molecular weight excluding hydrogens is 292 g/mol. The fourth-order valence-electron chi connectivity index (χ4n) is 1.50. The van der Waals surface area contributed by atoms with Crippen molar-refractivity contribution >= 4 is 35.0 Å². The molecule has 0 bridgehead atoms. The smallest absolute Gasteiger partial charge is 0.253 e. The molecule has 20 heavy (non-hydrogen) atoms. The van der Waals surface area contributed by atoms with E-state index in [4.69, 9.17) is 11.6 Å². The maximum atomic E-state index is 11.9. The van der Waals surface area contributed by atoms with Gasteiger partial charge in [0.05, 0.1) is 5.25 Å². The van der Waals surface area contributed by atoms with Gasteiger partial charge in [0.15, 0.2) is 0 Å². The molecule has 1 atom stereocenters. The Morgan fingerprint density at radius 1 is 1.40 bits per heavy atom. The molecule has 0 heterocycles. The maximum Gasteiger partial charge on any atom is 0.253 e. The van der Waals surface area contributed by atoms with Crippen LogP contribution in [-0.4, -0.2) is 16.9 Å². The Labute approximate surface area is 130 Å². The molecule has 0 fully saturated rings. The number of carbonyl (C=O) groups excluding carboxylic acids is 1. The van der Waals surface area contributed by atoms with Crippen molar-refractivity contribution in [2.24, 2.45) is 5.10 Å². The van der Waals surface area contributed by atoms with Gasteiger partial charge in [-0.2, -0.15) is 5.10 Å². The van der Waals surface area contributed by atoms with Gasteiger partial charge < -0.3 is 0 Å². The first-order valence-corrected chi connectivity index (χ1v) is 8.04. The van der Waals surface area contributed by atoms with Gasteiger partial charge in [0.1, 0.15) is 0 Å². The molecule has 0 aliphatic rings. The first kappa shape index (κ1) is 17.1. The number of nitrogens with zero attached hydrogens (tertiary/aromatic N) is 1. The number of rotatable bonds is 7. The van der Waals surface area contributed by atoms with Gasteiger partial charge in [0.2, 0.25) is 0 Å². The summed E-state index contributed by atoms with van der Waals surface area (Å²) in [6, 6.07) is 7.46. The molecule has 0 aliphatic heterocycles. The lowest BCUT2D eigenvalue weighted by Gasteiger charge is -2.10. The zero-order valence-corrected chi connectivity index (χ0v) is 13.7. The summed E-state index contributed by atoms with van der Waals surface area (Å²) in [6.07, 6.45) is 3.15. The molecule has 5 heteroatoms. The predicted molar refractivity (Wildman–Crippen MR) is 87.5 cm³/mol. The summed E-state index contributed by atoms with van der Waals surface area (Å²) in [5, 5.41) is 4.62. The van der Waals surface area contributed by atoms with Gasteiger partial charge in [-0.25, -0.2) is 5.43 Å². The Balaban J connectivity index is 2.44. The van der Waals surface area contributed by atoms with Crippen LogP contribution in [-0.2, 0) is 4.79 Å². The van der Waals surface area contributed by atoms with Crippen molar-refractivity contribution in [1.29, 1.82) is 0 Å². The van der Waals surface area contributed by atoms with Crippen LogP contribution in [0.3, 0.4) is 0 Å². The third kappa shape index (κ3) is 6.44. The lowest BCUT2D eigenvalue weighted by atomic mass is 10.2. The summed E-state index contributed by atoms with van der Waals surface area (Å²) in [4.78, 5) is 12.9. The van der Waals surface area contributed by atoms with Crippen LogP contribution in [0.1, 0.15) is 40.0 Å². The van der Waals surface area contributed by atoms with Crippen molar-refractivity contribution < 1.29 is 4.79 Å². The Hall–Kier alpha value is -1.00. The van der Waals surface area contributed by atoms with Crippen LogP contribution in [0.25, 0.3) is 0 Å². The number of hydrogen-bond donors (Lipinski definition) is 1. The Morgan fingerprint density at radius 2 is 2.05 bits per heavy atom. The van der Waals surface area contributed by atoms with Crippen LogP contribution in [0.5, 0.6) is 0 Å². The molecule has 0 aromatic heterocycles. The molecule has 1 rings (SSSR count). The minimum atomic E-state index is -0.195. The molecule has 1 aromatic carbocycles. The van der Waals surface area contributed by atoms with E-state index < -0.39 is 0 Å². The first-order chi connectivity index (χ1) is 9.52. The van der Waals surface area contributed by atoms with Crippen molar-refractivity contribution in [3.63, 3.8) is 0 Å². The zero-order chi connectivity index (χ0) is 15.0. The first-order valence-electron chi connectivity index (χ1n) is 6.78. The van der Waals surface area contributed by atoms with Crippen LogP contribution in [0.4, 0.5) is 0 Å². The number of carbonyl (C=O) groups is 1. The second-order valence-electron chi connectivity index (χ2n) is 4.64. The summed E-state index contributed by atoms with van der Waals surface area (Å²) in [7, 11) is 0. The highest BCUT2D eigenvalue weighted by Gasteiger charge is 2.13. The summed E-state index contributed by atoms with van der Waals surface area (Å²) in [6.45, 7) is 5.94. The highest BCUT2D eigenvalue weighted by Crippen LogP contribution is 2.24. The van der Waals surface area contributed by atoms with Crippen LogP contribution < -0.4 is 5.43 Å². The van der Waals surface area contributed by atoms with E-state index in [-0.39, 0.29) is 11.2 Å². The second-order valence-corrected chi connectivity index (χ2v) is 6.49. The molecule has 1 N–H and O–H groups in total. The quantitative estimate of drug-likeness (QED) is 0.457. The molecule has 0 radical (unpaired) electrons. The normalized spacial score (nSPS) is 13.1. The molecule has 3 nitrogen and oxygen atoms in total. The molecule has 1 amide bonds. The van der Waals surface area contributed by atoms with Crippen LogP contribution in [0.2, 0.25) is 5.02 Å². The van der Waals surface area contributed by atoms with E-state index in [0.717, 1.165) is 29.9 Å². The summed E-state index contributed by atoms with van der Waals surface area (Å²) < 4.78 is 0. The molecule has 0 saturated carbocycles. The van der Waals surface area contributed by atoms with E-state index >= 15 is 0 Å². The van der Waals surface area contributed by atoms with Crippen molar-refractivity contribution in [2.75, 3.05) is 0 Å². The number of amides is 1. The fourth-order valence-corrected chi connectivity index (χ4v) is 2.49. The third-order valence-electron chi connectivity index (χ3n) is 2.74. The number of hydrogen-bond acceptors (Lipinski definition) is 3. The number of thioether (sulfide) groups is 1. The Bertz CT molecular complexity index is 459. The predicted octanol–water partition coefficient (Wildman–Crippen LogP) is 4.50. The third-order valence-corrected chi connectivity index (χ3v) is 4.11. The van der Waals surface area contributed by atoms with E-state index in [0.29, 0.717) is 5.02 Å². The summed E-state index contributed by atoms with van der Waals surface area (Å²) >= 11 is 7.32. The highest BCUT2D eigenvalue weighted by atomic mass is 35.5. The van der Waals surface area contributed by atoms with Crippen molar-refractivity contribution in [2.45, 2.75) is 50.2 Å². The average molecular weight is 313 g/mol. The minimum absolute atomic E-state index is 0.0826. The van der Waals surface area contributed by atoms with Gasteiger partial charge in [-0.15, -0.1) is 11.8 Å². The van der Waals surface area contributed by atoms with Gasteiger partial charge in [-0.1, -0.05) is 24.9 Å². The standard InChI is InChI=1S/C15H21ClN2OS/c1-4-5-6-11(2)17-18-15(19)12(3)20-14-9-7-13(16)8-10-14/h7-10,12H,4-6H2,1-3H3,(H,18,19)/b17-11-/t12-/m0/s1. The largest absolute Gasteiger partial charge is 0.272 e. The molecular formula is C15H21ClN2OS.